The molecule has 0 atom stereocenters. The van der Waals surface area contributed by atoms with E-state index in [0.717, 1.165) is 0 Å². The van der Waals surface area contributed by atoms with Gasteiger partial charge in [0.2, 0.25) is 0 Å². The van der Waals surface area contributed by atoms with Crippen LogP contribution in [0.5, 0.6) is 0 Å². The Hall–Kier alpha value is -2.25. The zero-order valence-electron chi connectivity index (χ0n) is 10.2. The second-order valence-electron chi connectivity index (χ2n) is 4.60. The molecule has 20 heavy (non-hydrogen) atoms. The molecule has 0 heterocycles. The van der Waals surface area contributed by atoms with Crippen molar-refractivity contribution >= 4 is 11.7 Å². The van der Waals surface area contributed by atoms with Crippen molar-refractivity contribution in [1.82, 2.24) is 5.32 Å². The van der Waals surface area contributed by atoms with E-state index in [0.29, 0.717) is 0 Å². The van der Waals surface area contributed by atoms with Gasteiger partial charge in [-0.3, -0.25) is 4.79 Å². The lowest BCUT2D eigenvalue weighted by molar-refractivity contribution is -0.163. The van der Waals surface area contributed by atoms with Crippen LogP contribution in [0, 0.1) is 0 Å². The minimum Gasteiger partial charge on any atom is -0.409 e. The molecule has 1 fully saturated rings. The van der Waals surface area contributed by atoms with Gasteiger partial charge in [-0.2, -0.15) is 13.2 Å². The Balaban J connectivity index is 2.19. The molecule has 1 aromatic rings. The van der Waals surface area contributed by atoms with Gasteiger partial charge in [-0.05, 0) is 25.0 Å². The fourth-order valence-corrected chi connectivity index (χ4v) is 1.77. The highest BCUT2D eigenvalue weighted by atomic mass is 19.4. The lowest BCUT2D eigenvalue weighted by atomic mass is 10.1. The number of nitrogens with zero attached hydrogens (tertiary/aromatic N) is 1. The van der Waals surface area contributed by atoms with Crippen molar-refractivity contribution in [3.63, 3.8) is 0 Å². The third kappa shape index (κ3) is 2.54. The first-order valence-electron chi connectivity index (χ1n) is 5.76. The molecule has 8 heteroatoms. The number of benzene rings is 1. The molecule has 0 saturated heterocycles. The molecule has 1 aliphatic rings. The molecule has 108 valence electrons. The zero-order chi connectivity index (χ0) is 15.0. The number of carbonyl (C=O) groups excluding carboxylic acids is 1. The van der Waals surface area contributed by atoms with Crippen molar-refractivity contribution in [2.75, 3.05) is 0 Å². The number of nitrogens with one attached hydrogen (secondary N) is 1. The summed E-state index contributed by atoms with van der Waals surface area (Å²) in [5, 5.41) is 13.3. The molecule has 0 unspecified atom stereocenters. The fourth-order valence-electron chi connectivity index (χ4n) is 1.77. The number of alkyl halides is 3. The average molecular weight is 287 g/mol. The molecule has 4 N–H and O–H groups in total. The normalized spacial score (nSPS) is 17.6. The summed E-state index contributed by atoms with van der Waals surface area (Å²) in [6.07, 6.45) is -4.71. The van der Waals surface area contributed by atoms with Gasteiger partial charge in [-0.1, -0.05) is 17.3 Å². The first-order chi connectivity index (χ1) is 9.29. The second-order valence-corrected chi connectivity index (χ2v) is 4.60. The van der Waals surface area contributed by atoms with Crippen LogP contribution in [-0.2, 0) is 0 Å². The molecule has 0 bridgehead atoms. The van der Waals surface area contributed by atoms with E-state index in [1.807, 2.05) is 5.32 Å². The van der Waals surface area contributed by atoms with Crippen LogP contribution in [0.25, 0.3) is 0 Å². The van der Waals surface area contributed by atoms with Crippen molar-refractivity contribution < 1.29 is 23.2 Å². The molecular weight excluding hydrogens is 275 g/mol. The summed E-state index contributed by atoms with van der Waals surface area (Å²) in [6.45, 7) is 0. The number of hydrogen-bond acceptors (Lipinski definition) is 3. The highest BCUT2D eigenvalue weighted by Crippen LogP contribution is 2.49. The average Bonchev–Trinajstić information content (AvgIpc) is 3.18. The van der Waals surface area contributed by atoms with Gasteiger partial charge in [-0.25, -0.2) is 0 Å². The molecule has 0 radical (unpaired) electrons. The van der Waals surface area contributed by atoms with E-state index in [9.17, 15) is 18.0 Å². The standard InChI is InChI=1S/C12H12F3N3O2/c13-12(14,15)11(4-5-11)17-10(19)8-3-1-2-7(6-8)9(16)18-20/h1-3,6,20H,4-5H2,(H2,16,18)(H,17,19). The van der Waals surface area contributed by atoms with E-state index in [-0.39, 0.29) is 29.8 Å². The number of oxime groups is 1. The lowest BCUT2D eigenvalue weighted by Crippen LogP contribution is -2.47. The zero-order valence-corrected chi connectivity index (χ0v) is 10.2. The Morgan fingerprint density at radius 1 is 1.35 bits per heavy atom. The molecule has 1 amide bonds. The highest BCUT2D eigenvalue weighted by Gasteiger charge is 2.64. The predicted octanol–water partition coefficient (Wildman–Crippen LogP) is 1.61. The highest BCUT2D eigenvalue weighted by molar-refractivity contribution is 6.01. The maximum atomic E-state index is 12.7. The van der Waals surface area contributed by atoms with Crippen LogP contribution in [0.2, 0.25) is 0 Å². The number of halogens is 3. The summed E-state index contributed by atoms with van der Waals surface area (Å²) >= 11 is 0. The van der Waals surface area contributed by atoms with Gasteiger partial charge < -0.3 is 16.3 Å². The Morgan fingerprint density at radius 2 is 1.95 bits per heavy atom. The fraction of sp³-hybridized carbons (Fsp3) is 0.333. The Morgan fingerprint density at radius 3 is 2.45 bits per heavy atom. The topological polar surface area (TPSA) is 87.7 Å². The van der Waals surface area contributed by atoms with E-state index >= 15 is 0 Å². The van der Waals surface area contributed by atoms with Crippen LogP contribution >= 0.6 is 0 Å². The quantitative estimate of drug-likeness (QED) is 0.341. The van der Waals surface area contributed by atoms with Crippen molar-refractivity contribution in [1.29, 1.82) is 0 Å². The molecule has 1 saturated carbocycles. The third-order valence-electron chi connectivity index (χ3n) is 3.17. The monoisotopic (exact) mass is 287 g/mol. The van der Waals surface area contributed by atoms with Crippen molar-refractivity contribution in [3.8, 4) is 0 Å². The number of amidine groups is 1. The van der Waals surface area contributed by atoms with Crippen LogP contribution < -0.4 is 11.1 Å². The summed E-state index contributed by atoms with van der Waals surface area (Å²) in [4.78, 5) is 11.9. The summed E-state index contributed by atoms with van der Waals surface area (Å²) in [6, 6.07) is 5.53. The summed E-state index contributed by atoms with van der Waals surface area (Å²) in [5.74, 6) is -1.07. The number of amides is 1. The molecule has 1 aromatic carbocycles. The Labute approximate surface area is 112 Å². The third-order valence-corrected chi connectivity index (χ3v) is 3.17. The lowest BCUT2D eigenvalue weighted by Gasteiger charge is -2.20. The van der Waals surface area contributed by atoms with Crippen LogP contribution in [0.15, 0.2) is 29.4 Å². The molecule has 0 spiro atoms. The first kappa shape index (κ1) is 14.2. The first-order valence-corrected chi connectivity index (χ1v) is 5.76. The second kappa shape index (κ2) is 4.69. The van der Waals surface area contributed by atoms with Gasteiger partial charge in [0.05, 0.1) is 0 Å². The van der Waals surface area contributed by atoms with Crippen molar-refractivity contribution in [2.24, 2.45) is 10.9 Å². The van der Waals surface area contributed by atoms with Gasteiger partial charge in [0.25, 0.3) is 5.91 Å². The van der Waals surface area contributed by atoms with E-state index in [2.05, 4.69) is 5.16 Å². The number of hydrogen-bond donors (Lipinski definition) is 3. The van der Waals surface area contributed by atoms with E-state index in [1.54, 1.807) is 0 Å². The maximum Gasteiger partial charge on any atom is 0.411 e. The van der Waals surface area contributed by atoms with Crippen LogP contribution in [0.4, 0.5) is 13.2 Å². The molecule has 5 nitrogen and oxygen atoms in total. The molecule has 2 rings (SSSR count). The number of nitrogens with two attached hydrogens (primary N) is 1. The maximum absolute atomic E-state index is 12.7. The van der Waals surface area contributed by atoms with Gasteiger partial charge in [0.15, 0.2) is 5.84 Å². The van der Waals surface area contributed by atoms with Crippen molar-refractivity contribution in [2.45, 2.75) is 24.6 Å². The van der Waals surface area contributed by atoms with Crippen LogP contribution in [0.3, 0.4) is 0 Å². The van der Waals surface area contributed by atoms with E-state index in [1.165, 1.54) is 24.3 Å². The van der Waals surface area contributed by atoms with E-state index < -0.39 is 17.6 Å². The number of rotatable bonds is 3. The molecular formula is C12H12F3N3O2. The smallest absolute Gasteiger partial charge is 0.409 e. The summed E-state index contributed by atoms with van der Waals surface area (Å²) < 4.78 is 38.2. The largest absolute Gasteiger partial charge is 0.411 e. The van der Waals surface area contributed by atoms with Crippen molar-refractivity contribution in [3.05, 3.63) is 35.4 Å². The SMILES string of the molecule is N/C(=N/O)c1cccc(C(=O)NC2(C(F)(F)F)CC2)c1. The molecule has 0 aromatic heterocycles. The Bertz CT molecular complexity index is 565. The van der Waals surface area contributed by atoms with Gasteiger partial charge in [-0.15, -0.1) is 0 Å². The molecule has 0 aliphatic heterocycles. The van der Waals surface area contributed by atoms with Gasteiger partial charge in [0.1, 0.15) is 5.54 Å². The Kier molecular flexibility index (Phi) is 3.33. The van der Waals surface area contributed by atoms with E-state index in [4.69, 9.17) is 10.9 Å². The summed E-state index contributed by atoms with van der Waals surface area (Å²) in [5.41, 5.74) is 3.51. The van der Waals surface area contributed by atoms with Gasteiger partial charge >= 0.3 is 6.18 Å². The van der Waals surface area contributed by atoms with Gasteiger partial charge in [0, 0.05) is 11.1 Å². The van der Waals surface area contributed by atoms with Crippen LogP contribution in [-0.4, -0.2) is 28.7 Å². The number of carbonyl (C=O) groups is 1. The molecule has 1 aliphatic carbocycles. The minimum absolute atomic E-state index is 0.0182. The minimum atomic E-state index is -4.47. The van der Waals surface area contributed by atoms with Crippen LogP contribution in [0.1, 0.15) is 28.8 Å². The summed E-state index contributed by atoms with van der Waals surface area (Å²) in [7, 11) is 0. The predicted molar refractivity (Wildman–Crippen MR) is 64.4 cm³/mol.